The summed E-state index contributed by atoms with van der Waals surface area (Å²) >= 11 is 1.51. The highest BCUT2D eigenvalue weighted by Crippen LogP contribution is 2.30. The normalized spacial score (nSPS) is 16.1. The number of likely N-dealkylation sites (tertiary alicyclic amines) is 1. The van der Waals surface area contributed by atoms with Gasteiger partial charge in [0, 0.05) is 18.0 Å². The molecule has 1 aromatic carbocycles. The van der Waals surface area contributed by atoms with Crippen LogP contribution >= 0.6 is 11.3 Å². The fraction of sp³-hybridized carbons (Fsp3) is 0.429. The molecule has 2 aromatic heterocycles. The fourth-order valence-electron chi connectivity index (χ4n) is 3.84. The first-order chi connectivity index (χ1) is 13.2. The molecule has 0 spiro atoms. The number of aromatic nitrogens is 2. The Labute approximate surface area is 164 Å². The molecule has 142 valence electrons. The first-order valence-corrected chi connectivity index (χ1v) is 10.6. The van der Waals surface area contributed by atoms with Gasteiger partial charge in [-0.3, -0.25) is 9.69 Å². The van der Waals surface area contributed by atoms with E-state index in [0.29, 0.717) is 12.6 Å². The molecule has 0 saturated carbocycles. The minimum absolute atomic E-state index is 0.0212. The lowest BCUT2D eigenvalue weighted by atomic mass is 10.2. The number of aryl methyl sites for hydroxylation is 1. The first kappa shape index (κ1) is 18.2. The lowest BCUT2D eigenvalue weighted by Crippen LogP contribution is -2.42. The fourth-order valence-corrected chi connectivity index (χ4v) is 4.94. The van der Waals surface area contributed by atoms with E-state index in [4.69, 9.17) is 0 Å². The van der Waals surface area contributed by atoms with Crippen molar-refractivity contribution in [2.75, 3.05) is 19.6 Å². The van der Waals surface area contributed by atoms with E-state index >= 15 is 0 Å². The summed E-state index contributed by atoms with van der Waals surface area (Å²) in [5, 5.41) is 8.86. The van der Waals surface area contributed by atoms with Gasteiger partial charge in [0.1, 0.15) is 4.83 Å². The molecule has 3 heterocycles. The lowest BCUT2D eigenvalue weighted by molar-refractivity contribution is 0.0941. The average molecular weight is 383 g/mol. The lowest BCUT2D eigenvalue weighted by Gasteiger charge is -2.26. The number of nitrogens with one attached hydrogen (secondary N) is 1. The Balaban J connectivity index is 1.52. The number of nitrogens with zero attached hydrogens (tertiary/aromatic N) is 3. The van der Waals surface area contributed by atoms with Gasteiger partial charge in [0.25, 0.3) is 5.91 Å². The van der Waals surface area contributed by atoms with E-state index in [1.165, 1.54) is 24.2 Å². The maximum absolute atomic E-state index is 12.8. The number of benzene rings is 1. The van der Waals surface area contributed by atoms with Gasteiger partial charge in [0.15, 0.2) is 0 Å². The number of hydrogen-bond donors (Lipinski definition) is 1. The van der Waals surface area contributed by atoms with Crippen molar-refractivity contribution >= 4 is 27.5 Å². The standard InChI is InChI=1S/C21H26N4OS/c1-3-16(24-11-7-8-12-24)14-22-20(26)19-13-18-15(2)23-25(21(18)27-19)17-9-5-4-6-10-17/h4-6,9-10,13,16H,3,7-8,11-12,14H2,1-2H3,(H,22,26). The molecule has 1 aliphatic heterocycles. The van der Waals surface area contributed by atoms with Crippen LogP contribution in [-0.2, 0) is 0 Å². The number of fused-ring (bicyclic) bond motifs is 1. The Morgan fingerprint density at radius 1 is 1.26 bits per heavy atom. The summed E-state index contributed by atoms with van der Waals surface area (Å²) in [6.07, 6.45) is 3.61. The average Bonchev–Trinajstić information content (AvgIpc) is 3.41. The van der Waals surface area contributed by atoms with E-state index < -0.39 is 0 Å². The van der Waals surface area contributed by atoms with Crippen LogP contribution in [0.15, 0.2) is 36.4 Å². The van der Waals surface area contributed by atoms with Gasteiger partial charge < -0.3 is 5.32 Å². The van der Waals surface area contributed by atoms with Crippen LogP contribution < -0.4 is 5.32 Å². The van der Waals surface area contributed by atoms with E-state index in [9.17, 15) is 4.79 Å². The monoisotopic (exact) mass is 382 g/mol. The molecule has 0 radical (unpaired) electrons. The predicted octanol–water partition coefficient (Wildman–Crippen LogP) is 4.00. The van der Waals surface area contributed by atoms with Crippen molar-refractivity contribution < 1.29 is 4.79 Å². The molecule has 1 N–H and O–H groups in total. The second-order valence-corrected chi connectivity index (χ2v) is 8.21. The van der Waals surface area contributed by atoms with Gasteiger partial charge in [0.2, 0.25) is 0 Å². The van der Waals surface area contributed by atoms with Crippen LogP contribution in [0.5, 0.6) is 0 Å². The van der Waals surface area contributed by atoms with E-state index in [0.717, 1.165) is 46.0 Å². The number of amides is 1. The van der Waals surface area contributed by atoms with Crippen molar-refractivity contribution in [1.82, 2.24) is 20.0 Å². The summed E-state index contributed by atoms with van der Waals surface area (Å²) in [4.78, 5) is 17.0. The maximum Gasteiger partial charge on any atom is 0.261 e. The van der Waals surface area contributed by atoms with Crippen LogP contribution in [0.3, 0.4) is 0 Å². The van der Waals surface area contributed by atoms with Gasteiger partial charge in [-0.2, -0.15) is 5.10 Å². The van der Waals surface area contributed by atoms with Crippen LogP contribution in [0.2, 0.25) is 0 Å². The maximum atomic E-state index is 12.8. The summed E-state index contributed by atoms with van der Waals surface area (Å²) in [6, 6.07) is 12.5. The molecule has 1 amide bonds. The van der Waals surface area contributed by atoms with E-state index in [-0.39, 0.29) is 5.91 Å². The highest BCUT2D eigenvalue weighted by Gasteiger charge is 2.22. The van der Waals surface area contributed by atoms with E-state index in [1.807, 2.05) is 48.0 Å². The van der Waals surface area contributed by atoms with Crippen molar-refractivity contribution in [3.63, 3.8) is 0 Å². The number of rotatable bonds is 6. The summed E-state index contributed by atoms with van der Waals surface area (Å²) in [7, 11) is 0. The Kier molecular flexibility index (Phi) is 5.27. The summed E-state index contributed by atoms with van der Waals surface area (Å²) in [6.45, 7) is 7.23. The zero-order valence-electron chi connectivity index (χ0n) is 15.9. The Bertz CT molecular complexity index is 924. The quantitative estimate of drug-likeness (QED) is 0.701. The summed E-state index contributed by atoms with van der Waals surface area (Å²) < 4.78 is 1.94. The third-order valence-corrected chi connectivity index (χ3v) is 6.51. The topological polar surface area (TPSA) is 50.2 Å². The van der Waals surface area contributed by atoms with Crippen molar-refractivity contribution in [2.24, 2.45) is 0 Å². The minimum Gasteiger partial charge on any atom is -0.350 e. The molecule has 0 aliphatic carbocycles. The van der Waals surface area contributed by atoms with Crippen molar-refractivity contribution in [3.8, 4) is 5.69 Å². The number of thiophene rings is 1. The highest BCUT2D eigenvalue weighted by molar-refractivity contribution is 7.20. The van der Waals surface area contributed by atoms with Crippen LogP contribution in [-0.4, -0.2) is 46.3 Å². The SMILES string of the molecule is CCC(CNC(=O)c1cc2c(C)nn(-c3ccccc3)c2s1)N1CCCC1. The number of carbonyl (C=O) groups is 1. The molecule has 1 saturated heterocycles. The Morgan fingerprint density at radius 2 is 2.00 bits per heavy atom. The highest BCUT2D eigenvalue weighted by atomic mass is 32.1. The van der Waals surface area contributed by atoms with Gasteiger partial charge in [-0.25, -0.2) is 4.68 Å². The molecule has 4 rings (SSSR count). The second-order valence-electron chi connectivity index (χ2n) is 7.18. The van der Waals surface area contributed by atoms with Gasteiger partial charge in [-0.05, 0) is 57.5 Å². The van der Waals surface area contributed by atoms with Gasteiger partial charge in [0.05, 0.1) is 16.3 Å². The summed E-state index contributed by atoms with van der Waals surface area (Å²) in [5.41, 5.74) is 1.97. The minimum atomic E-state index is 0.0212. The molecular weight excluding hydrogens is 356 g/mol. The van der Waals surface area contributed by atoms with Crippen LogP contribution in [0.4, 0.5) is 0 Å². The number of carbonyl (C=O) groups excluding carboxylic acids is 1. The van der Waals surface area contributed by atoms with E-state index in [2.05, 4.69) is 22.2 Å². The van der Waals surface area contributed by atoms with Crippen LogP contribution in [0.1, 0.15) is 41.6 Å². The molecule has 3 aromatic rings. The smallest absolute Gasteiger partial charge is 0.261 e. The molecule has 1 atom stereocenters. The molecule has 6 heteroatoms. The third kappa shape index (κ3) is 3.64. The Morgan fingerprint density at radius 3 is 2.70 bits per heavy atom. The third-order valence-electron chi connectivity index (χ3n) is 5.40. The number of hydrogen-bond acceptors (Lipinski definition) is 4. The van der Waals surface area contributed by atoms with Crippen LogP contribution in [0, 0.1) is 6.92 Å². The molecule has 1 fully saturated rings. The molecule has 1 unspecified atom stereocenters. The number of para-hydroxylation sites is 1. The van der Waals surface area contributed by atoms with Crippen molar-refractivity contribution in [2.45, 2.75) is 39.2 Å². The molecular formula is C21H26N4OS. The zero-order chi connectivity index (χ0) is 18.8. The molecule has 1 aliphatic rings. The van der Waals surface area contributed by atoms with Crippen molar-refractivity contribution in [3.05, 3.63) is 47.0 Å². The van der Waals surface area contributed by atoms with E-state index in [1.54, 1.807) is 0 Å². The predicted molar refractivity (Wildman–Crippen MR) is 111 cm³/mol. The van der Waals surface area contributed by atoms with Gasteiger partial charge >= 0.3 is 0 Å². The zero-order valence-corrected chi connectivity index (χ0v) is 16.8. The van der Waals surface area contributed by atoms with Gasteiger partial charge in [-0.1, -0.05) is 25.1 Å². The largest absolute Gasteiger partial charge is 0.350 e. The van der Waals surface area contributed by atoms with Crippen molar-refractivity contribution in [1.29, 1.82) is 0 Å². The van der Waals surface area contributed by atoms with Crippen LogP contribution in [0.25, 0.3) is 15.9 Å². The second kappa shape index (κ2) is 7.82. The molecule has 27 heavy (non-hydrogen) atoms. The Hall–Kier alpha value is -2.18. The summed E-state index contributed by atoms with van der Waals surface area (Å²) in [5.74, 6) is 0.0212. The molecule has 5 nitrogen and oxygen atoms in total. The molecule has 0 bridgehead atoms. The van der Waals surface area contributed by atoms with Gasteiger partial charge in [-0.15, -0.1) is 11.3 Å². The first-order valence-electron chi connectivity index (χ1n) is 9.74.